The van der Waals surface area contributed by atoms with E-state index in [2.05, 4.69) is 15.3 Å². The molecule has 0 bridgehead atoms. The van der Waals surface area contributed by atoms with E-state index in [1.54, 1.807) is 12.1 Å². The first kappa shape index (κ1) is 12.5. The number of benzene rings is 1. The normalized spacial score (nSPS) is 11.0. The summed E-state index contributed by atoms with van der Waals surface area (Å²) in [6, 6.07) is 8.97. The van der Waals surface area contributed by atoms with E-state index >= 15 is 0 Å². The van der Waals surface area contributed by atoms with Crippen LogP contribution in [0.4, 0.5) is 10.5 Å². The molecule has 0 saturated carbocycles. The van der Waals surface area contributed by atoms with Gasteiger partial charge >= 0.3 is 6.09 Å². The van der Waals surface area contributed by atoms with Gasteiger partial charge in [0.2, 0.25) is 0 Å². The van der Waals surface area contributed by atoms with Gasteiger partial charge in [0.1, 0.15) is 5.17 Å². The van der Waals surface area contributed by atoms with Crippen molar-refractivity contribution >= 4 is 28.6 Å². The average molecular weight is 241 g/mol. The second-order valence-electron chi connectivity index (χ2n) is 3.09. The lowest BCUT2D eigenvalue weighted by molar-refractivity contribution is 0.166. The minimum atomic E-state index is -0.652. The number of hydrogen-bond acceptors (Lipinski definition) is 3. The molecule has 5 heteroatoms. The second kappa shape index (κ2) is 6.85. The molecule has 0 fully saturated rings. The van der Waals surface area contributed by atoms with Crippen molar-refractivity contribution in [1.82, 2.24) is 0 Å². The van der Waals surface area contributed by atoms with Gasteiger partial charge in [-0.1, -0.05) is 41.9 Å². The lowest BCUT2D eigenvalue weighted by atomic mass is 10.3. The number of nitrogens with one attached hydrogen (secondary N) is 1. The molecule has 1 amide bonds. The van der Waals surface area contributed by atoms with Crippen LogP contribution in [0.1, 0.15) is 19.8 Å². The lowest BCUT2D eigenvalue weighted by Crippen LogP contribution is -2.11. The Morgan fingerprint density at radius 2 is 2.12 bits per heavy atom. The van der Waals surface area contributed by atoms with Crippen molar-refractivity contribution in [3.05, 3.63) is 30.3 Å². The molecule has 1 rings (SSSR count). The minimum absolute atomic E-state index is 0.283. The zero-order valence-corrected chi connectivity index (χ0v) is 9.70. The van der Waals surface area contributed by atoms with Crippen LogP contribution in [0.3, 0.4) is 0 Å². The predicted molar refractivity (Wildman–Crippen MR) is 64.7 cm³/mol. The molecule has 16 heavy (non-hydrogen) atoms. The Balaban J connectivity index is 2.40. The van der Waals surface area contributed by atoms with Gasteiger partial charge in [0, 0.05) is 12.1 Å². The number of oxime groups is 1. The van der Waals surface area contributed by atoms with Crippen molar-refractivity contribution in [1.29, 1.82) is 0 Å². The van der Waals surface area contributed by atoms with Crippen molar-refractivity contribution in [2.24, 2.45) is 5.16 Å². The minimum Gasteiger partial charge on any atom is -0.297 e. The van der Waals surface area contributed by atoms with Crippen LogP contribution in [0.25, 0.3) is 0 Å². The van der Waals surface area contributed by atoms with Crippen molar-refractivity contribution in [3.8, 4) is 0 Å². The van der Waals surface area contributed by atoms with E-state index in [-0.39, 0.29) is 5.17 Å². The standard InChI is InChI=1S/C11H13ClN2O2/c1-2-6-10(12)14-16-11(15)13-9-7-4-3-5-8-9/h3-5,7-8H,2,6H2,1H3,(H,13,15). The largest absolute Gasteiger partial charge is 0.437 e. The van der Waals surface area contributed by atoms with Crippen molar-refractivity contribution in [2.75, 3.05) is 5.32 Å². The summed E-state index contributed by atoms with van der Waals surface area (Å²) in [6.45, 7) is 1.96. The average Bonchev–Trinajstić information content (AvgIpc) is 2.28. The van der Waals surface area contributed by atoms with Gasteiger partial charge < -0.3 is 0 Å². The van der Waals surface area contributed by atoms with Crippen molar-refractivity contribution in [3.63, 3.8) is 0 Å². The number of carbonyl (C=O) groups excluding carboxylic acids is 1. The maximum atomic E-state index is 11.2. The van der Waals surface area contributed by atoms with Crippen LogP contribution in [0.2, 0.25) is 0 Å². The third kappa shape index (κ3) is 4.79. The highest BCUT2D eigenvalue weighted by molar-refractivity contribution is 6.65. The Hall–Kier alpha value is -1.55. The monoisotopic (exact) mass is 240 g/mol. The summed E-state index contributed by atoms with van der Waals surface area (Å²) in [6.07, 6.45) is 0.798. The molecule has 0 aliphatic rings. The van der Waals surface area contributed by atoms with E-state index in [0.29, 0.717) is 12.1 Å². The second-order valence-corrected chi connectivity index (χ2v) is 3.52. The summed E-state index contributed by atoms with van der Waals surface area (Å²) >= 11 is 5.67. The fraction of sp³-hybridized carbons (Fsp3) is 0.273. The number of nitrogens with zero attached hydrogens (tertiary/aromatic N) is 1. The van der Waals surface area contributed by atoms with Crippen LogP contribution < -0.4 is 5.32 Å². The van der Waals surface area contributed by atoms with E-state index in [1.165, 1.54) is 0 Å². The number of para-hydroxylation sites is 1. The molecule has 0 aliphatic carbocycles. The molecule has 0 radical (unpaired) electrons. The number of anilines is 1. The van der Waals surface area contributed by atoms with E-state index < -0.39 is 6.09 Å². The first-order valence-corrected chi connectivity index (χ1v) is 5.35. The third-order valence-corrected chi connectivity index (χ3v) is 1.96. The van der Waals surface area contributed by atoms with E-state index in [4.69, 9.17) is 11.6 Å². The maximum Gasteiger partial charge on any atom is 0.437 e. The van der Waals surface area contributed by atoms with Crippen molar-refractivity contribution in [2.45, 2.75) is 19.8 Å². The van der Waals surface area contributed by atoms with Gasteiger partial charge in [-0.25, -0.2) is 4.79 Å². The quantitative estimate of drug-likeness (QED) is 0.497. The van der Waals surface area contributed by atoms with Crippen LogP contribution in [-0.4, -0.2) is 11.3 Å². The fourth-order valence-electron chi connectivity index (χ4n) is 1.01. The molecule has 0 atom stereocenters. The number of halogens is 1. The Morgan fingerprint density at radius 3 is 2.75 bits per heavy atom. The molecule has 0 aliphatic heterocycles. The molecule has 0 heterocycles. The Kier molecular flexibility index (Phi) is 5.36. The summed E-state index contributed by atoms with van der Waals surface area (Å²) in [7, 11) is 0. The molecule has 0 saturated heterocycles. The van der Waals surface area contributed by atoms with Gasteiger partial charge in [0.25, 0.3) is 0 Å². The molecule has 86 valence electrons. The summed E-state index contributed by atoms with van der Waals surface area (Å²) in [5, 5.41) is 6.28. The lowest BCUT2D eigenvalue weighted by Gasteiger charge is -2.01. The number of rotatable bonds is 4. The Labute approximate surface area is 99.2 Å². The van der Waals surface area contributed by atoms with E-state index in [1.807, 2.05) is 25.1 Å². The topological polar surface area (TPSA) is 50.7 Å². The zero-order chi connectivity index (χ0) is 11.8. The van der Waals surface area contributed by atoms with E-state index in [9.17, 15) is 4.79 Å². The number of amides is 1. The molecular weight excluding hydrogens is 228 g/mol. The highest BCUT2D eigenvalue weighted by atomic mass is 35.5. The van der Waals surface area contributed by atoms with Gasteiger partial charge in [-0.3, -0.25) is 10.2 Å². The van der Waals surface area contributed by atoms with Crippen LogP contribution in [-0.2, 0) is 4.84 Å². The third-order valence-electron chi connectivity index (χ3n) is 1.70. The Bertz CT molecular complexity index is 366. The SMILES string of the molecule is CCCC(Cl)=NOC(=O)Nc1ccccc1. The van der Waals surface area contributed by atoms with Gasteiger partial charge in [0.05, 0.1) is 0 Å². The molecule has 0 aromatic heterocycles. The van der Waals surface area contributed by atoms with Gasteiger partial charge in [-0.2, -0.15) is 0 Å². The smallest absolute Gasteiger partial charge is 0.297 e. The molecule has 1 N–H and O–H groups in total. The molecular formula is C11H13ClN2O2. The van der Waals surface area contributed by atoms with Gasteiger partial charge in [-0.15, -0.1) is 0 Å². The molecule has 0 unspecified atom stereocenters. The van der Waals surface area contributed by atoms with Crippen LogP contribution >= 0.6 is 11.6 Å². The number of carbonyl (C=O) groups is 1. The summed E-state index contributed by atoms with van der Waals surface area (Å²) in [5.74, 6) is 0. The van der Waals surface area contributed by atoms with Crippen LogP contribution in [0, 0.1) is 0 Å². The first-order valence-electron chi connectivity index (χ1n) is 4.97. The molecule has 4 nitrogen and oxygen atoms in total. The summed E-state index contributed by atoms with van der Waals surface area (Å²) in [5.41, 5.74) is 0.648. The first-order chi connectivity index (χ1) is 7.72. The Morgan fingerprint density at radius 1 is 1.44 bits per heavy atom. The van der Waals surface area contributed by atoms with Crippen molar-refractivity contribution < 1.29 is 9.63 Å². The highest BCUT2D eigenvalue weighted by Crippen LogP contribution is 2.05. The molecule has 1 aromatic carbocycles. The van der Waals surface area contributed by atoms with Gasteiger partial charge in [-0.05, 0) is 18.6 Å². The van der Waals surface area contributed by atoms with E-state index in [0.717, 1.165) is 6.42 Å². The molecule has 1 aromatic rings. The number of hydrogen-bond donors (Lipinski definition) is 1. The predicted octanol–water partition coefficient (Wildman–Crippen LogP) is 3.59. The van der Waals surface area contributed by atoms with Crippen LogP contribution in [0.15, 0.2) is 35.5 Å². The zero-order valence-electron chi connectivity index (χ0n) is 8.94. The summed E-state index contributed by atoms with van der Waals surface area (Å²) in [4.78, 5) is 15.8. The van der Waals surface area contributed by atoms with Gasteiger partial charge in [0.15, 0.2) is 0 Å². The maximum absolute atomic E-state index is 11.2. The fourth-order valence-corrected chi connectivity index (χ4v) is 1.23. The highest BCUT2D eigenvalue weighted by Gasteiger charge is 2.02. The molecule has 0 spiro atoms. The summed E-state index contributed by atoms with van der Waals surface area (Å²) < 4.78 is 0. The van der Waals surface area contributed by atoms with Crippen LogP contribution in [0.5, 0.6) is 0 Å².